The zero-order valence-corrected chi connectivity index (χ0v) is 18.3. The van der Waals surface area contributed by atoms with Crippen molar-refractivity contribution >= 4 is 11.8 Å². The van der Waals surface area contributed by atoms with Gasteiger partial charge in [0, 0.05) is 6.42 Å². The van der Waals surface area contributed by atoms with E-state index in [1.165, 1.54) is 57.8 Å². The first-order valence-corrected chi connectivity index (χ1v) is 10.8. The van der Waals surface area contributed by atoms with E-state index in [1.54, 1.807) is 0 Å². The van der Waals surface area contributed by atoms with Crippen LogP contribution in [0.2, 0.25) is 0 Å². The highest BCUT2D eigenvalue weighted by Gasteiger charge is 2.47. The van der Waals surface area contributed by atoms with Crippen molar-refractivity contribution in [3.8, 4) is 11.8 Å². The minimum atomic E-state index is -0.646. The van der Waals surface area contributed by atoms with Crippen LogP contribution in [-0.4, -0.2) is 43.5 Å². The molecule has 1 atom stereocenters. The Kier molecular flexibility index (Phi) is 10.1. The van der Waals surface area contributed by atoms with E-state index in [4.69, 9.17) is 0 Å². The zero-order valence-electron chi connectivity index (χ0n) is 18.3. The maximum absolute atomic E-state index is 11.9. The molecular weight excluding hydrogens is 336 g/mol. The van der Waals surface area contributed by atoms with Crippen LogP contribution in [0.25, 0.3) is 0 Å². The lowest BCUT2D eigenvalue weighted by atomic mass is 9.79. The second-order valence-electron chi connectivity index (χ2n) is 9.30. The van der Waals surface area contributed by atoms with Gasteiger partial charge in [-0.2, -0.15) is 0 Å². The summed E-state index contributed by atoms with van der Waals surface area (Å²) in [7, 11) is 4.43. The lowest BCUT2D eigenvalue weighted by Crippen LogP contribution is -2.40. The molecule has 0 aromatic rings. The van der Waals surface area contributed by atoms with Gasteiger partial charge in [-0.15, -0.1) is 0 Å². The highest BCUT2D eigenvalue weighted by atomic mass is 16.2. The van der Waals surface area contributed by atoms with Gasteiger partial charge in [-0.05, 0) is 18.8 Å². The number of carbonyl (C=O) groups excluding carboxylic acids is 2. The maximum Gasteiger partial charge on any atom is 0.233 e. The lowest BCUT2D eigenvalue weighted by Gasteiger charge is -2.27. The molecule has 0 aromatic heterocycles. The van der Waals surface area contributed by atoms with Crippen molar-refractivity contribution in [2.24, 2.45) is 11.3 Å². The standard InChI is InChI=1S/C23H40N2O2/c1-6-7-8-9-10-11-12-13-15-18-25(4,5)19-16-14-17-20-21(26)24-22(27)23(20,2)3/h20H,6-13,15,17-19H2,1-5H3/p+1. The van der Waals surface area contributed by atoms with Crippen molar-refractivity contribution < 1.29 is 14.1 Å². The van der Waals surface area contributed by atoms with Crippen LogP contribution in [0.5, 0.6) is 0 Å². The Balaban J connectivity index is 2.20. The number of unbranched alkanes of at least 4 members (excludes halogenated alkanes) is 8. The maximum atomic E-state index is 11.9. The average molecular weight is 378 g/mol. The van der Waals surface area contributed by atoms with Crippen LogP contribution in [0.15, 0.2) is 0 Å². The topological polar surface area (TPSA) is 46.2 Å². The van der Waals surface area contributed by atoms with E-state index < -0.39 is 5.41 Å². The summed E-state index contributed by atoms with van der Waals surface area (Å²) >= 11 is 0. The fourth-order valence-electron chi connectivity index (χ4n) is 3.57. The van der Waals surface area contributed by atoms with Crippen molar-refractivity contribution in [2.45, 2.75) is 85.0 Å². The molecule has 1 rings (SSSR count). The second-order valence-corrected chi connectivity index (χ2v) is 9.30. The van der Waals surface area contributed by atoms with Gasteiger partial charge in [-0.25, -0.2) is 0 Å². The molecule has 0 aliphatic carbocycles. The monoisotopic (exact) mass is 377 g/mol. The summed E-state index contributed by atoms with van der Waals surface area (Å²) < 4.78 is 0.892. The van der Waals surface area contributed by atoms with E-state index in [2.05, 4.69) is 38.2 Å². The summed E-state index contributed by atoms with van der Waals surface area (Å²) in [6.45, 7) is 7.84. The largest absolute Gasteiger partial charge is 0.318 e. The zero-order chi connectivity index (χ0) is 20.3. The third kappa shape index (κ3) is 8.47. The van der Waals surface area contributed by atoms with Crippen LogP contribution in [-0.2, 0) is 9.59 Å². The normalized spacial score (nSPS) is 18.9. The molecule has 1 unspecified atom stereocenters. The highest BCUT2D eigenvalue weighted by Crippen LogP contribution is 2.34. The van der Waals surface area contributed by atoms with E-state index in [0.29, 0.717) is 6.42 Å². The highest BCUT2D eigenvalue weighted by molar-refractivity contribution is 6.07. The predicted molar refractivity (Wildman–Crippen MR) is 112 cm³/mol. The Labute approximate surface area is 167 Å². The van der Waals surface area contributed by atoms with Gasteiger partial charge in [0.15, 0.2) is 0 Å². The minimum absolute atomic E-state index is 0.178. The van der Waals surface area contributed by atoms with Crippen LogP contribution in [0, 0.1) is 23.2 Å². The summed E-state index contributed by atoms with van der Waals surface area (Å²) in [6.07, 6.45) is 12.6. The summed E-state index contributed by atoms with van der Waals surface area (Å²) in [6, 6.07) is 0. The number of imide groups is 1. The molecule has 27 heavy (non-hydrogen) atoms. The molecule has 4 heteroatoms. The van der Waals surface area contributed by atoms with Crippen molar-refractivity contribution in [3.63, 3.8) is 0 Å². The van der Waals surface area contributed by atoms with Gasteiger partial charge in [0.2, 0.25) is 11.8 Å². The van der Waals surface area contributed by atoms with Gasteiger partial charge >= 0.3 is 0 Å². The molecular formula is C23H41N2O2+. The van der Waals surface area contributed by atoms with Gasteiger partial charge in [-0.1, -0.05) is 71.6 Å². The minimum Gasteiger partial charge on any atom is -0.318 e. The van der Waals surface area contributed by atoms with Crippen molar-refractivity contribution in [3.05, 3.63) is 0 Å². The Morgan fingerprint density at radius 2 is 1.48 bits per heavy atom. The Hall–Kier alpha value is -1.34. The quantitative estimate of drug-likeness (QED) is 0.239. The molecule has 1 saturated heterocycles. The Morgan fingerprint density at radius 1 is 0.926 bits per heavy atom. The van der Waals surface area contributed by atoms with Gasteiger partial charge in [0.25, 0.3) is 0 Å². The summed E-state index contributed by atoms with van der Waals surface area (Å²) in [5.41, 5.74) is -0.646. The van der Waals surface area contributed by atoms with Crippen molar-refractivity contribution in [1.82, 2.24) is 5.32 Å². The van der Waals surface area contributed by atoms with Gasteiger partial charge in [0.1, 0.15) is 6.54 Å². The number of nitrogens with zero attached hydrogens (tertiary/aromatic N) is 1. The molecule has 154 valence electrons. The van der Waals surface area contributed by atoms with Gasteiger partial charge in [-0.3, -0.25) is 14.9 Å². The van der Waals surface area contributed by atoms with E-state index in [1.807, 2.05) is 13.8 Å². The van der Waals surface area contributed by atoms with E-state index in [-0.39, 0.29) is 17.7 Å². The average Bonchev–Trinajstić information content (AvgIpc) is 2.78. The molecule has 0 radical (unpaired) electrons. The number of hydrogen-bond donors (Lipinski definition) is 1. The number of carbonyl (C=O) groups is 2. The van der Waals surface area contributed by atoms with Crippen molar-refractivity contribution in [2.75, 3.05) is 27.2 Å². The smallest absolute Gasteiger partial charge is 0.233 e. The molecule has 1 N–H and O–H groups in total. The SMILES string of the molecule is CCCCCCCCCCC[N+](C)(C)CC#CCC1C(=O)NC(=O)C1(C)C. The number of hydrogen-bond acceptors (Lipinski definition) is 2. The first-order valence-electron chi connectivity index (χ1n) is 10.8. The molecule has 4 nitrogen and oxygen atoms in total. The molecule has 1 fully saturated rings. The fourth-order valence-corrected chi connectivity index (χ4v) is 3.57. The van der Waals surface area contributed by atoms with Crippen LogP contribution < -0.4 is 5.32 Å². The third-order valence-corrected chi connectivity index (χ3v) is 5.81. The molecule has 2 amide bonds. The molecule has 1 aliphatic rings. The lowest BCUT2D eigenvalue weighted by molar-refractivity contribution is -0.883. The first kappa shape index (κ1) is 23.7. The number of quaternary nitrogens is 1. The van der Waals surface area contributed by atoms with Gasteiger partial charge in [0.05, 0.1) is 32.0 Å². The first-order chi connectivity index (χ1) is 12.7. The van der Waals surface area contributed by atoms with Crippen LogP contribution in [0.3, 0.4) is 0 Å². The number of nitrogens with one attached hydrogen (secondary N) is 1. The molecule has 0 aromatic carbocycles. The number of amides is 2. The van der Waals surface area contributed by atoms with Crippen LogP contribution in [0.4, 0.5) is 0 Å². The van der Waals surface area contributed by atoms with E-state index in [9.17, 15) is 9.59 Å². The fraction of sp³-hybridized carbons (Fsp3) is 0.826. The van der Waals surface area contributed by atoms with Crippen molar-refractivity contribution in [1.29, 1.82) is 0 Å². The van der Waals surface area contributed by atoms with Gasteiger partial charge < -0.3 is 4.48 Å². The second kappa shape index (κ2) is 11.5. The molecule has 1 heterocycles. The van der Waals surface area contributed by atoms with Crippen LogP contribution >= 0.6 is 0 Å². The molecule has 0 bridgehead atoms. The third-order valence-electron chi connectivity index (χ3n) is 5.81. The predicted octanol–water partition coefficient (Wildman–Crippen LogP) is 4.29. The van der Waals surface area contributed by atoms with E-state index in [0.717, 1.165) is 17.6 Å². The van der Waals surface area contributed by atoms with Crippen LogP contribution in [0.1, 0.15) is 85.0 Å². The summed E-state index contributed by atoms with van der Waals surface area (Å²) in [4.78, 5) is 23.7. The van der Waals surface area contributed by atoms with E-state index >= 15 is 0 Å². The Morgan fingerprint density at radius 3 is 2.00 bits per heavy atom. The number of rotatable bonds is 12. The Bertz CT molecular complexity index is 540. The molecule has 1 aliphatic heterocycles. The molecule has 0 spiro atoms. The molecule has 0 saturated carbocycles. The summed E-state index contributed by atoms with van der Waals surface area (Å²) in [5, 5.41) is 2.42. The summed E-state index contributed by atoms with van der Waals surface area (Å²) in [5.74, 6) is 5.70.